The van der Waals surface area contributed by atoms with Crippen molar-refractivity contribution >= 4 is 31.5 Å². The maximum Gasteiger partial charge on any atom is 0.0538 e. The Morgan fingerprint density at radius 2 is 1.88 bits per heavy atom. The molecule has 3 rings (SSSR count). The highest BCUT2D eigenvalue weighted by molar-refractivity contribution is 7.25. The molecule has 2 aromatic heterocycles. The Morgan fingerprint density at radius 3 is 2.69 bits per heavy atom. The van der Waals surface area contributed by atoms with E-state index in [0.717, 1.165) is 0 Å². The quantitative estimate of drug-likeness (QED) is 0.593. The van der Waals surface area contributed by atoms with Crippen LogP contribution in [0.4, 0.5) is 0 Å². The van der Waals surface area contributed by atoms with Gasteiger partial charge >= 0.3 is 0 Å². The highest BCUT2D eigenvalue weighted by atomic mass is 32.1. The van der Waals surface area contributed by atoms with Crippen LogP contribution in [0.5, 0.6) is 0 Å². The van der Waals surface area contributed by atoms with Gasteiger partial charge < -0.3 is 0 Å². The van der Waals surface area contributed by atoms with E-state index in [9.17, 15) is 0 Å². The number of hydrogen-bond acceptors (Lipinski definition) is 2. The van der Waals surface area contributed by atoms with Gasteiger partial charge in [0.1, 0.15) is 0 Å². The number of thiophene rings is 1. The number of pyridine rings is 1. The van der Waals surface area contributed by atoms with Crippen LogP contribution in [-0.2, 0) is 0 Å². The second-order valence-electron chi connectivity index (χ2n) is 4.38. The molecule has 16 heavy (non-hydrogen) atoms. The van der Waals surface area contributed by atoms with Crippen LogP contribution in [0.1, 0.15) is 25.3 Å². The minimum Gasteiger partial charge on any atom is -0.263 e. The topological polar surface area (TPSA) is 12.9 Å². The van der Waals surface area contributed by atoms with Gasteiger partial charge in [-0.15, -0.1) is 11.3 Å². The molecular weight excluding hydrogens is 214 g/mol. The SMILES string of the molecule is CC(C)c1ccc2c(c1)sc1cnccc12. The molecule has 0 atom stereocenters. The smallest absolute Gasteiger partial charge is 0.0538 e. The van der Waals surface area contributed by atoms with Crippen LogP contribution < -0.4 is 0 Å². The number of rotatable bonds is 1. The van der Waals surface area contributed by atoms with Crippen LogP contribution in [0.2, 0.25) is 0 Å². The average Bonchev–Trinajstić information content (AvgIpc) is 2.66. The molecule has 2 heterocycles. The molecule has 0 aliphatic rings. The number of aromatic nitrogens is 1. The summed E-state index contributed by atoms with van der Waals surface area (Å²) in [6.45, 7) is 4.46. The first-order chi connectivity index (χ1) is 7.75. The van der Waals surface area contributed by atoms with Crippen molar-refractivity contribution in [1.82, 2.24) is 4.98 Å². The van der Waals surface area contributed by atoms with E-state index < -0.39 is 0 Å². The summed E-state index contributed by atoms with van der Waals surface area (Å²) in [5, 5.41) is 2.68. The second-order valence-corrected chi connectivity index (χ2v) is 5.47. The van der Waals surface area contributed by atoms with Crippen LogP contribution in [0.3, 0.4) is 0 Å². The number of hydrogen-bond donors (Lipinski definition) is 0. The number of nitrogens with zero attached hydrogens (tertiary/aromatic N) is 1. The summed E-state index contributed by atoms with van der Waals surface area (Å²) in [7, 11) is 0. The second kappa shape index (κ2) is 3.56. The Hall–Kier alpha value is -1.41. The molecular formula is C14H13NS. The fourth-order valence-electron chi connectivity index (χ4n) is 2.01. The molecule has 0 aliphatic carbocycles. The minimum atomic E-state index is 0.590. The molecule has 0 N–H and O–H groups in total. The van der Waals surface area contributed by atoms with Gasteiger partial charge in [-0.2, -0.15) is 0 Å². The van der Waals surface area contributed by atoms with E-state index >= 15 is 0 Å². The lowest BCUT2D eigenvalue weighted by Crippen LogP contribution is -1.84. The van der Waals surface area contributed by atoms with Gasteiger partial charge in [-0.1, -0.05) is 26.0 Å². The predicted octanol–water partition coefficient (Wildman–Crippen LogP) is 4.57. The zero-order chi connectivity index (χ0) is 11.1. The van der Waals surface area contributed by atoms with Crippen molar-refractivity contribution in [2.75, 3.05) is 0 Å². The lowest BCUT2D eigenvalue weighted by Gasteiger charge is -2.04. The summed E-state index contributed by atoms with van der Waals surface area (Å²) < 4.78 is 2.65. The van der Waals surface area contributed by atoms with Crippen molar-refractivity contribution in [2.24, 2.45) is 0 Å². The van der Waals surface area contributed by atoms with Gasteiger partial charge in [0.25, 0.3) is 0 Å². The van der Waals surface area contributed by atoms with Crippen molar-refractivity contribution < 1.29 is 0 Å². The Balaban J connectivity index is 2.37. The molecule has 0 saturated carbocycles. The fraction of sp³-hybridized carbons (Fsp3) is 0.214. The molecule has 0 aliphatic heterocycles. The van der Waals surface area contributed by atoms with Gasteiger partial charge in [0, 0.05) is 27.9 Å². The maximum atomic E-state index is 4.18. The summed E-state index contributed by atoms with van der Waals surface area (Å²) in [6, 6.07) is 8.89. The average molecular weight is 227 g/mol. The van der Waals surface area contributed by atoms with E-state index in [1.165, 1.54) is 25.7 Å². The van der Waals surface area contributed by atoms with E-state index in [1.54, 1.807) is 0 Å². The summed E-state index contributed by atoms with van der Waals surface area (Å²) in [5.74, 6) is 0.590. The molecule has 0 saturated heterocycles. The maximum absolute atomic E-state index is 4.18. The first-order valence-electron chi connectivity index (χ1n) is 5.52. The third-order valence-electron chi connectivity index (χ3n) is 2.97. The Kier molecular flexibility index (Phi) is 2.18. The summed E-state index contributed by atoms with van der Waals surface area (Å²) in [5.41, 5.74) is 1.41. The number of benzene rings is 1. The zero-order valence-electron chi connectivity index (χ0n) is 9.40. The highest BCUT2D eigenvalue weighted by Gasteiger charge is 2.06. The molecule has 80 valence electrons. The van der Waals surface area contributed by atoms with Gasteiger partial charge in [-0.3, -0.25) is 4.98 Å². The van der Waals surface area contributed by atoms with E-state index in [0.29, 0.717) is 5.92 Å². The number of fused-ring (bicyclic) bond motifs is 3. The van der Waals surface area contributed by atoms with Gasteiger partial charge in [-0.05, 0) is 23.6 Å². The first kappa shape index (κ1) is 9.79. The van der Waals surface area contributed by atoms with E-state index in [2.05, 4.69) is 43.1 Å². The van der Waals surface area contributed by atoms with Crippen LogP contribution in [0, 0.1) is 0 Å². The monoisotopic (exact) mass is 227 g/mol. The van der Waals surface area contributed by atoms with Crippen molar-refractivity contribution in [2.45, 2.75) is 19.8 Å². The molecule has 0 spiro atoms. The van der Waals surface area contributed by atoms with Gasteiger partial charge in [-0.25, -0.2) is 0 Å². The third kappa shape index (κ3) is 1.41. The Morgan fingerprint density at radius 1 is 1.06 bits per heavy atom. The molecule has 0 amide bonds. The molecule has 0 unspecified atom stereocenters. The predicted molar refractivity (Wildman–Crippen MR) is 71.2 cm³/mol. The lowest BCUT2D eigenvalue weighted by atomic mass is 10.0. The van der Waals surface area contributed by atoms with Crippen molar-refractivity contribution in [1.29, 1.82) is 0 Å². The minimum absolute atomic E-state index is 0.590. The van der Waals surface area contributed by atoms with Crippen molar-refractivity contribution in [3.8, 4) is 0 Å². The van der Waals surface area contributed by atoms with Gasteiger partial charge in [0.05, 0.1) is 4.70 Å². The summed E-state index contributed by atoms with van der Waals surface area (Å²) in [6.07, 6.45) is 3.82. The first-order valence-corrected chi connectivity index (χ1v) is 6.33. The summed E-state index contributed by atoms with van der Waals surface area (Å²) >= 11 is 1.83. The largest absolute Gasteiger partial charge is 0.263 e. The fourth-order valence-corrected chi connectivity index (χ4v) is 3.13. The Bertz CT molecular complexity index is 652. The van der Waals surface area contributed by atoms with Crippen molar-refractivity contribution in [3.63, 3.8) is 0 Å². The summed E-state index contributed by atoms with van der Waals surface area (Å²) in [4.78, 5) is 4.18. The third-order valence-corrected chi connectivity index (χ3v) is 4.07. The molecule has 1 aromatic carbocycles. The molecule has 1 nitrogen and oxygen atoms in total. The molecule has 0 radical (unpaired) electrons. The van der Waals surface area contributed by atoms with Crippen LogP contribution in [-0.4, -0.2) is 4.98 Å². The van der Waals surface area contributed by atoms with E-state index in [4.69, 9.17) is 0 Å². The van der Waals surface area contributed by atoms with Gasteiger partial charge in [0.15, 0.2) is 0 Å². The van der Waals surface area contributed by atoms with Gasteiger partial charge in [0.2, 0.25) is 0 Å². The van der Waals surface area contributed by atoms with Crippen LogP contribution >= 0.6 is 11.3 Å². The standard InChI is InChI=1S/C14H13NS/c1-9(2)10-3-4-11-12-5-6-15-8-14(12)16-13(11)7-10/h3-9H,1-2H3. The molecule has 0 fully saturated rings. The normalized spacial score (nSPS) is 11.7. The molecule has 2 heteroatoms. The highest BCUT2D eigenvalue weighted by Crippen LogP contribution is 2.34. The van der Waals surface area contributed by atoms with E-state index in [-0.39, 0.29) is 0 Å². The Labute approximate surface area is 98.7 Å². The molecule has 0 bridgehead atoms. The van der Waals surface area contributed by atoms with E-state index in [1.807, 2.05) is 23.7 Å². The molecule has 3 aromatic rings. The van der Waals surface area contributed by atoms with Crippen LogP contribution in [0.25, 0.3) is 20.2 Å². The lowest BCUT2D eigenvalue weighted by molar-refractivity contribution is 0.869. The van der Waals surface area contributed by atoms with Crippen LogP contribution in [0.15, 0.2) is 36.7 Å². The van der Waals surface area contributed by atoms with Crippen molar-refractivity contribution in [3.05, 3.63) is 42.2 Å². The zero-order valence-corrected chi connectivity index (χ0v) is 10.2.